The predicted molar refractivity (Wildman–Crippen MR) is 73.6 cm³/mol. The molecular weight excluding hydrogens is 252 g/mol. The molecule has 0 aromatic heterocycles. The van der Waals surface area contributed by atoms with Crippen LogP contribution in [-0.4, -0.2) is 44.1 Å². The normalized spacial score (nSPS) is 18.0. The molecule has 1 atom stereocenters. The molecule has 1 fully saturated rings. The van der Waals surface area contributed by atoms with E-state index >= 15 is 0 Å². The van der Waals surface area contributed by atoms with Gasteiger partial charge in [-0.05, 0) is 31.2 Å². The monoisotopic (exact) mass is 270 g/mol. The van der Waals surface area contributed by atoms with Crippen molar-refractivity contribution in [2.45, 2.75) is 12.5 Å². The first-order chi connectivity index (χ1) is 8.22. The number of hydrogen-bond donors (Lipinski definition) is 1. The quantitative estimate of drug-likeness (QED) is 0.906. The van der Waals surface area contributed by atoms with E-state index in [1.807, 2.05) is 30.1 Å². The fraction of sp³-hybridized carbons (Fsp3) is 0.462. The SMILES string of the molecule is COc1cccc(C(=O)N(C)[C@H]2CCNC2)c1.Cl. The van der Waals surface area contributed by atoms with Crippen molar-refractivity contribution in [3.63, 3.8) is 0 Å². The zero-order valence-electron chi connectivity index (χ0n) is 10.7. The fourth-order valence-electron chi connectivity index (χ4n) is 2.10. The maximum absolute atomic E-state index is 12.2. The second-order valence-electron chi connectivity index (χ2n) is 4.29. The molecule has 0 radical (unpaired) electrons. The van der Waals surface area contributed by atoms with Crippen LogP contribution in [0.1, 0.15) is 16.8 Å². The summed E-state index contributed by atoms with van der Waals surface area (Å²) in [6.45, 7) is 1.87. The molecule has 2 rings (SSSR count). The molecule has 1 aliphatic heterocycles. The van der Waals surface area contributed by atoms with Crippen LogP contribution in [0.15, 0.2) is 24.3 Å². The number of amides is 1. The lowest BCUT2D eigenvalue weighted by Gasteiger charge is -2.23. The van der Waals surface area contributed by atoms with Crippen molar-refractivity contribution in [3.05, 3.63) is 29.8 Å². The third-order valence-corrected chi connectivity index (χ3v) is 3.22. The third-order valence-electron chi connectivity index (χ3n) is 3.22. The van der Waals surface area contributed by atoms with Crippen molar-refractivity contribution in [2.24, 2.45) is 0 Å². The van der Waals surface area contributed by atoms with E-state index in [1.54, 1.807) is 13.2 Å². The summed E-state index contributed by atoms with van der Waals surface area (Å²) in [5.74, 6) is 0.770. The molecule has 0 bridgehead atoms. The number of hydrogen-bond acceptors (Lipinski definition) is 3. The van der Waals surface area contributed by atoms with Gasteiger partial charge >= 0.3 is 0 Å². The summed E-state index contributed by atoms with van der Waals surface area (Å²) in [7, 11) is 3.47. The van der Waals surface area contributed by atoms with Gasteiger partial charge in [0.2, 0.25) is 0 Å². The molecule has 1 aromatic rings. The van der Waals surface area contributed by atoms with Gasteiger partial charge in [-0.25, -0.2) is 0 Å². The second kappa shape index (κ2) is 6.61. The summed E-state index contributed by atoms with van der Waals surface area (Å²) in [6.07, 6.45) is 1.02. The zero-order valence-corrected chi connectivity index (χ0v) is 11.5. The smallest absolute Gasteiger partial charge is 0.254 e. The number of carbonyl (C=O) groups is 1. The van der Waals surface area contributed by atoms with E-state index < -0.39 is 0 Å². The third kappa shape index (κ3) is 3.15. The average molecular weight is 271 g/mol. The molecule has 1 aromatic carbocycles. The van der Waals surface area contributed by atoms with Crippen molar-refractivity contribution in [3.8, 4) is 5.75 Å². The summed E-state index contributed by atoms with van der Waals surface area (Å²) in [6, 6.07) is 7.58. The van der Waals surface area contributed by atoms with Gasteiger partial charge < -0.3 is 15.0 Å². The first-order valence-corrected chi connectivity index (χ1v) is 5.84. The number of halogens is 1. The minimum Gasteiger partial charge on any atom is -0.497 e. The van der Waals surface area contributed by atoms with Gasteiger partial charge in [0.25, 0.3) is 5.91 Å². The Labute approximate surface area is 114 Å². The molecule has 1 heterocycles. The number of methoxy groups -OCH3 is 1. The maximum Gasteiger partial charge on any atom is 0.254 e. The number of carbonyl (C=O) groups excluding carboxylic acids is 1. The summed E-state index contributed by atoms with van der Waals surface area (Å²) >= 11 is 0. The lowest BCUT2D eigenvalue weighted by Crippen LogP contribution is -2.38. The largest absolute Gasteiger partial charge is 0.497 e. The van der Waals surface area contributed by atoms with E-state index in [4.69, 9.17) is 4.74 Å². The van der Waals surface area contributed by atoms with Crippen molar-refractivity contribution in [2.75, 3.05) is 27.2 Å². The van der Waals surface area contributed by atoms with Crippen molar-refractivity contribution in [1.29, 1.82) is 0 Å². The van der Waals surface area contributed by atoms with Crippen LogP contribution in [0.5, 0.6) is 5.75 Å². The molecule has 5 heteroatoms. The van der Waals surface area contributed by atoms with Crippen molar-refractivity contribution < 1.29 is 9.53 Å². The molecule has 1 N–H and O–H groups in total. The van der Waals surface area contributed by atoms with Crippen LogP contribution >= 0.6 is 12.4 Å². The lowest BCUT2D eigenvalue weighted by atomic mass is 10.1. The van der Waals surface area contributed by atoms with Crippen LogP contribution in [0.2, 0.25) is 0 Å². The average Bonchev–Trinajstić information content (AvgIpc) is 2.91. The zero-order chi connectivity index (χ0) is 12.3. The highest BCUT2D eigenvalue weighted by Crippen LogP contribution is 2.16. The molecule has 0 aliphatic carbocycles. The Bertz CT molecular complexity index is 406. The lowest BCUT2D eigenvalue weighted by molar-refractivity contribution is 0.0743. The van der Waals surface area contributed by atoms with Crippen molar-refractivity contribution >= 4 is 18.3 Å². The Balaban J connectivity index is 0.00000162. The predicted octanol–water partition coefficient (Wildman–Crippen LogP) is 1.55. The van der Waals surface area contributed by atoms with Gasteiger partial charge in [0.1, 0.15) is 5.75 Å². The van der Waals surface area contributed by atoms with Gasteiger partial charge in [-0.2, -0.15) is 0 Å². The van der Waals surface area contributed by atoms with E-state index in [9.17, 15) is 4.79 Å². The summed E-state index contributed by atoms with van der Waals surface area (Å²) < 4.78 is 5.13. The topological polar surface area (TPSA) is 41.6 Å². The van der Waals surface area contributed by atoms with E-state index in [1.165, 1.54) is 0 Å². The molecule has 0 saturated carbocycles. The fourth-order valence-corrected chi connectivity index (χ4v) is 2.10. The van der Waals surface area contributed by atoms with Crippen LogP contribution in [0.4, 0.5) is 0 Å². The van der Waals surface area contributed by atoms with E-state index in [2.05, 4.69) is 5.32 Å². The number of rotatable bonds is 3. The molecule has 0 spiro atoms. The van der Waals surface area contributed by atoms with Gasteiger partial charge in [-0.3, -0.25) is 4.79 Å². The van der Waals surface area contributed by atoms with Crippen LogP contribution in [0.3, 0.4) is 0 Å². The van der Waals surface area contributed by atoms with Crippen molar-refractivity contribution in [1.82, 2.24) is 10.2 Å². The molecule has 4 nitrogen and oxygen atoms in total. The van der Waals surface area contributed by atoms with Gasteiger partial charge in [-0.15, -0.1) is 12.4 Å². The highest BCUT2D eigenvalue weighted by atomic mass is 35.5. The number of likely N-dealkylation sites (N-methyl/N-ethyl adjacent to an activating group) is 1. The maximum atomic E-state index is 12.2. The Hall–Kier alpha value is -1.26. The van der Waals surface area contributed by atoms with Gasteiger partial charge in [-0.1, -0.05) is 6.07 Å². The molecule has 1 aliphatic rings. The summed E-state index contributed by atoms with van der Waals surface area (Å²) in [5, 5.41) is 3.26. The number of ether oxygens (including phenoxy) is 1. The summed E-state index contributed by atoms with van der Waals surface area (Å²) in [4.78, 5) is 14.1. The van der Waals surface area contributed by atoms with Gasteiger partial charge in [0.15, 0.2) is 0 Å². The highest BCUT2D eigenvalue weighted by molar-refractivity contribution is 5.94. The first kappa shape index (κ1) is 14.8. The summed E-state index contributed by atoms with van der Waals surface area (Å²) in [5.41, 5.74) is 0.679. The molecule has 1 saturated heterocycles. The van der Waals surface area contributed by atoms with E-state index in [-0.39, 0.29) is 18.3 Å². The van der Waals surface area contributed by atoms with Crippen LogP contribution < -0.4 is 10.1 Å². The second-order valence-corrected chi connectivity index (χ2v) is 4.29. The molecule has 1 amide bonds. The number of nitrogens with one attached hydrogen (secondary N) is 1. The molecular formula is C13H19ClN2O2. The minimum atomic E-state index is 0. The Morgan fingerprint density at radius 2 is 2.28 bits per heavy atom. The minimum absolute atomic E-state index is 0. The van der Waals surface area contributed by atoms with Crippen LogP contribution in [0.25, 0.3) is 0 Å². The first-order valence-electron chi connectivity index (χ1n) is 5.84. The number of benzene rings is 1. The Kier molecular flexibility index (Phi) is 5.44. The molecule has 0 unspecified atom stereocenters. The molecule has 100 valence electrons. The Morgan fingerprint density at radius 1 is 1.50 bits per heavy atom. The standard InChI is InChI=1S/C13H18N2O2.ClH/c1-15(11-6-7-14-9-11)13(16)10-4-3-5-12(8-10)17-2;/h3-5,8,11,14H,6-7,9H2,1-2H3;1H/t11-;/m0./s1. The van der Waals surface area contributed by atoms with E-state index in [0.29, 0.717) is 17.4 Å². The molecule has 18 heavy (non-hydrogen) atoms. The highest BCUT2D eigenvalue weighted by Gasteiger charge is 2.23. The number of nitrogens with zero attached hydrogens (tertiary/aromatic N) is 1. The van der Waals surface area contributed by atoms with Crippen LogP contribution in [-0.2, 0) is 0 Å². The van der Waals surface area contributed by atoms with Gasteiger partial charge in [0, 0.05) is 25.2 Å². The van der Waals surface area contributed by atoms with E-state index in [0.717, 1.165) is 19.5 Å². The van der Waals surface area contributed by atoms with Crippen LogP contribution in [0, 0.1) is 0 Å². The Morgan fingerprint density at radius 3 is 2.89 bits per heavy atom. The van der Waals surface area contributed by atoms with Gasteiger partial charge in [0.05, 0.1) is 7.11 Å².